The Hall–Kier alpha value is -3.65. The molecule has 1 aliphatic rings. The lowest BCUT2D eigenvalue weighted by molar-refractivity contribution is 0.340. The summed E-state index contributed by atoms with van der Waals surface area (Å²) in [6, 6.07) is 15.3. The number of ether oxygens (including phenoxy) is 2. The molecule has 176 valence electrons. The highest BCUT2D eigenvalue weighted by Gasteiger charge is 2.33. The molecular formula is C26H28N4O3S. The Bertz CT molecular complexity index is 1190. The molecule has 8 heteroatoms. The van der Waals surface area contributed by atoms with Crippen molar-refractivity contribution in [2.45, 2.75) is 26.8 Å². The van der Waals surface area contributed by atoms with Crippen molar-refractivity contribution in [3.05, 3.63) is 78.3 Å². The van der Waals surface area contributed by atoms with Crippen LogP contribution in [-0.4, -0.2) is 39.9 Å². The molecule has 1 N–H and O–H groups in total. The molecule has 0 radical (unpaired) electrons. The molecule has 0 saturated heterocycles. The van der Waals surface area contributed by atoms with Crippen molar-refractivity contribution < 1.29 is 14.0 Å². The van der Waals surface area contributed by atoms with E-state index in [-0.39, 0.29) is 6.04 Å². The number of aromatic nitrogens is 2. The molecule has 1 aromatic heterocycles. The summed E-state index contributed by atoms with van der Waals surface area (Å²) in [6.45, 7) is 11.6. The van der Waals surface area contributed by atoms with E-state index in [1.165, 1.54) is 0 Å². The number of benzene rings is 2. The van der Waals surface area contributed by atoms with E-state index in [0.29, 0.717) is 36.6 Å². The van der Waals surface area contributed by atoms with Crippen LogP contribution in [0.2, 0.25) is 0 Å². The van der Waals surface area contributed by atoms with Gasteiger partial charge in [-0.3, -0.25) is 0 Å². The second kappa shape index (κ2) is 10.5. The SMILES string of the molecule is C=CCN1C(=S)NC(c2ccc(OCC)cc2)C(c2nc(-c3ccc(OCC)cc3)no2)=C1C. The van der Waals surface area contributed by atoms with Crippen LogP contribution in [0.4, 0.5) is 0 Å². The number of hydrogen-bond donors (Lipinski definition) is 1. The third-order valence-electron chi connectivity index (χ3n) is 5.51. The van der Waals surface area contributed by atoms with Crippen molar-refractivity contribution in [3.63, 3.8) is 0 Å². The first-order valence-corrected chi connectivity index (χ1v) is 11.7. The van der Waals surface area contributed by atoms with E-state index in [2.05, 4.69) is 17.1 Å². The third kappa shape index (κ3) is 4.82. The van der Waals surface area contributed by atoms with Crippen molar-refractivity contribution >= 4 is 22.9 Å². The number of hydrogen-bond acceptors (Lipinski definition) is 6. The molecule has 0 spiro atoms. The average Bonchev–Trinajstić information content (AvgIpc) is 3.32. The minimum absolute atomic E-state index is 0.252. The number of allylic oxidation sites excluding steroid dienone is 1. The van der Waals surface area contributed by atoms with E-state index in [4.69, 9.17) is 31.2 Å². The van der Waals surface area contributed by atoms with Gasteiger partial charge < -0.3 is 24.2 Å². The van der Waals surface area contributed by atoms with Crippen molar-refractivity contribution in [1.82, 2.24) is 20.4 Å². The zero-order chi connectivity index (χ0) is 24.1. The van der Waals surface area contributed by atoms with Crippen LogP contribution in [0.3, 0.4) is 0 Å². The highest BCUT2D eigenvalue weighted by Crippen LogP contribution is 2.38. The maximum absolute atomic E-state index is 5.77. The zero-order valence-electron chi connectivity index (χ0n) is 19.6. The predicted octanol–water partition coefficient (Wildman–Crippen LogP) is 5.38. The molecular weight excluding hydrogens is 448 g/mol. The van der Waals surface area contributed by atoms with Crippen molar-refractivity contribution in [1.29, 1.82) is 0 Å². The minimum atomic E-state index is -0.252. The van der Waals surface area contributed by atoms with E-state index in [9.17, 15) is 0 Å². The lowest BCUT2D eigenvalue weighted by Gasteiger charge is -2.36. The maximum atomic E-state index is 5.77. The second-order valence-corrected chi connectivity index (χ2v) is 8.05. The van der Waals surface area contributed by atoms with Gasteiger partial charge in [-0.2, -0.15) is 4.98 Å². The summed E-state index contributed by atoms with van der Waals surface area (Å²) in [4.78, 5) is 6.71. The fourth-order valence-electron chi connectivity index (χ4n) is 3.90. The molecule has 4 rings (SSSR count). The molecule has 0 aliphatic carbocycles. The van der Waals surface area contributed by atoms with Crippen LogP contribution >= 0.6 is 12.2 Å². The van der Waals surface area contributed by atoms with Gasteiger partial charge in [0.2, 0.25) is 5.82 Å². The molecule has 34 heavy (non-hydrogen) atoms. The van der Waals surface area contributed by atoms with Gasteiger partial charge in [0.25, 0.3) is 5.89 Å². The Balaban J connectivity index is 1.73. The van der Waals surface area contributed by atoms with Crippen LogP contribution < -0.4 is 14.8 Å². The third-order valence-corrected chi connectivity index (χ3v) is 5.85. The van der Waals surface area contributed by atoms with Crippen molar-refractivity contribution in [2.75, 3.05) is 19.8 Å². The van der Waals surface area contributed by atoms with E-state index >= 15 is 0 Å². The molecule has 0 fully saturated rings. The summed E-state index contributed by atoms with van der Waals surface area (Å²) in [5.74, 6) is 2.56. The first-order valence-electron chi connectivity index (χ1n) is 11.3. The van der Waals surface area contributed by atoms with E-state index < -0.39 is 0 Å². The quantitative estimate of drug-likeness (QED) is 0.326. The smallest absolute Gasteiger partial charge is 0.258 e. The van der Waals surface area contributed by atoms with Gasteiger partial charge in [0.1, 0.15) is 11.5 Å². The van der Waals surface area contributed by atoms with Gasteiger partial charge in [-0.1, -0.05) is 23.4 Å². The predicted molar refractivity (Wildman–Crippen MR) is 136 cm³/mol. The fraction of sp³-hybridized carbons (Fsp3) is 0.269. The summed E-state index contributed by atoms with van der Waals surface area (Å²) in [6.07, 6.45) is 1.81. The molecule has 2 heterocycles. The fourth-order valence-corrected chi connectivity index (χ4v) is 4.23. The van der Waals surface area contributed by atoms with Gasteiger partial charge >= 0.3 is 0 Å². The molecule has 0 saturated carbocycles. The monoisotopic (exact) mass is 476 g/mol. The standard InChI is InChI=1S/C26H28N4O3S/c1-5-16-30-17(4)22(23(27-26(30)34)18-8-12-20(13-9-18)31-6-2)25-28-24(29-33-25)19-10-14-21(15-11-19)32-7-3/h5,8-15,23H,1,6-7,16H2,2-4H3,(H,27,34). The number of nitrogens with one attached hydrogen (secondary N) is 1. The normalized spacial score (nSPS) is 15.8. The molecule has 7 nitrogen and oxygen atoms in total. The van der Waals surface area contributed by atoms with Gasteiger partial charge in [0.05, 0.1) is 24.8 Å². The number of thiocarbonyl (C=S) groups is 1. The van der Waals surface area contributed by atoms with Crippen LogP contribution in [0.5, 0.6) is 11.5 Å². The largest absolute Gasteiger partial charge is 0.494 e. The molecule has 1 aliphatic heterocycles. The Morgan fingerprint density at radius 3 is 2.26 bits per heavy atom. The van der Waals surface area contributed by atoms with Crippen LogP contribution in [0.1, 0.15) is 38.3 Å². The molecule has 1 unspecified atom stereocenters. The Labute approximate surface area is 205 Å². The lowest BCUT2D eigenvalue weighted by Crippen LogP contribution is -2.45. The molecule has 1 atom stereocenters. The Kier molecular flexibility index (Phi) is 7.27. The van der Waals surface area contributed by atoms with E-state index in [0.717, 1.165) is 33.9 Å². The minimum Gasteiger partial charge on any atom is -0.494 e. The Morgan fingerprint density at radius 2 is 1.68 bits per heavy atom. The molecule has 3 aromatic rings. The second-order valence-electron chi connectivity index (χ2n) is 7.66. The first kappa shape index (κ1) is 23.5. The topological polar surface area (TPSA) is 72.7 Å². The highest BCUT2D eigenvalue weighted by molar-refractivity contribution is 7.80. The van der Waals surface area contributed by atoms with Crippen LogP contribution in [0.15, 0.2) is 71.4 Å². The van der Waals surface area contributed by atoms with Crippen molar-refractivity contribution in [2.24, 2.45) is 0 Å². The highest BCUT2D eigenvalue weighted by atomic mass is 32.1. The summed E-state index contributed by atoms with van der Waals surface area (Å²) in [5, 5.41) is 8.30. The molecule has 0 amide bonds. The van der Waals surface area contributed by atoms with E-state index in [1.807, 2.05) is 80.3 Å². The van der Waals surface area contributed by atoms with Crippen molar-refractivity contribution in [3.8, 4) is 22.9 Å². The average molecular weight is 477 g/mol. The van der Waals surface area contributed by atoms with Gasteiger partial charge in [-0.25, -0.2) is 0 Å². The zero-order valence-corrected chi connectivity index (χ0v) is 20.4. The summed E-state index contributed by atoms with van der Waals surface area (Å²) in [7, 11) is 0. The van der Waals surface area contributed by atoms with Gasteiger partial charge in [-0.15, -0.1) is 6.58 Å². The van der Waals surface area contributed by atoms with Gasteiger partial charge in [0.15, 0.2) is 5.11 Å². The summed E-state index contributed by atoms with van der Waals surface area (Å²) in [5.41, 5.74) is 3.66. The summed E-state index contributed by atoms with van der Waals surface area (Å²) >= 11 is 5.66. The van der Waals surface area contributed by atoms with Crippen LogP contribution in [0, 0.1) is 0 Å². The van der Waals surface area contributed by atoms with Gasteiger partial charge in [0, 0.05) is 17.8 Å². The first-order chi connectivity index (χ1) is 16.5. The van der Waals surface area contributed by atoms with Gasteiger partial charge in [-0.05, 0) is 75.0 Å². The van der Waals surface area contributed by atoms with E-state index in [1.54, 1.807) is 0 Å². The molecule has 2 aromatic carbocycles. The number of rotatable bonds is 9. The van der Waals surface area contributed by atoms with Crippen LogP contribution in [0.25, 0.3) is 17.0 Å². The number of nitrogens with zero attached hydrogens (tertiary/aromatic N) is 3. The summed E-state index contributed by atoms with van der Waals surface area (Å²) < 4.78 is 16.9. The Morgan fingerprint density at radius 1 is 1.06 bits per heavy atom. The van der Waals surface area contributed by atoms with Crippen LogP contribution in [-0.2, 0) is 0 Å². The maximum Gasteiger partial charge on any atom is 0.258 e. The lowest BCUT2D eigenvalue weighted by atomic mass is 9.94. The molecule has 0 bridgehead atoms.